The third-order valence-corrected chi connectivity index (χ3v) is 5.83. The molecule has 1 heterocycles. The average Bonchev–Trinajstić information content (AvgIpc) is 2.87. The van der Waals surface area contributed by atoms with E-state index in [9.17, 15) is 8.42 Å². The lowest BCUT2D eigenvalue weighted by Crippen LogP contribution is -2.14. The molecule has 0 saturated heterocycles. The second-order valence-corrected chi connectivity index (χ2v) is 7.57. The summed E-state index contributed by atoms with van der Waals surface area (Å²) in [5.74, 6) is 0. The minimum absolute atomic E-state index is 0.0506. The normalized spacial score (nSPS) is 11.6. The number of rotatable bonds is 5. The van der Waals surface area contributed by atoms with Gasteiger partial charge in [-0.25, -0.2) is 8.42 Å². The number of sulfonamides is 1. The van der Waals surface area contributed by atoms with Crippen molar-refractivity contribution in [3.8, 4) is 0 Å². The van der Waals surface area contributed by atoms with Gasteiger partial charge in [0.25, 0.3) is 10.0 Å². The van der Waals surface area contributed by atoms with Gasteiger partial charge in [0.05, 0.1) is 5.02 Å². The standard InChI is InChI=1S/C11H12Cl2N4O2S2/c1-2-9-15-16-11(20-9)17-21(18,19)8-4-7(12)3-6(5-14)10(8)13/h3-4H,2,5,14H2,1H3,(H,16,17). The molecule has 2 rings (SSSR count). The molecule has 21 heavy (non-hydrogen) atoms. The van der Waals surface area contributed by atoms with Crippen molar-refractivity contribution in [2.75, 3.05) is 4.72 Å². The summed E-state index contributed by atoms with van der Waals surface area (Å²) in [6.07, 6.45) is 0.675. The van der Waals surface area contributed by atoms with E-state index in [4.69, 9.17) is 28.9 Å². The van der Waals surface area contributed by atoms with Gasteiger partial charge in [-0.05, 0) is 24.1 Å². The zero-order valence-corrected chi connectivity index (χ0v) is 14.1. The summed E-state index contributed by atoms with van der Waals surface area (Å²) >= 11 is 13.1. The third-order valence-electron chi connectivity index (χ3n) is 2.58. The number of benzene rings is 1. The largest absolute Gasteiger partial charge is 0.326 e. The average molecular weight is 367 g/mol. The molecule has 0 amide bonds. The fraction of sp³-hybridized carbons (Fsp3) is 0.273. The lowest BCUT2D eigenvalue weighted by Gasteiger charge is -2.10. The fourth-order valence-electron chi connectivity index (χ4n) is 1.57. The lowest BCUT2D eigenvalue weighted by molar-refractivity contribution is 0.601. The van der Waals surface area contributed by atoms with Crippen LogP contribution in [0.25, 0.3) is 0 Å². The molecule has 10 heteroatoms. The van der Waals surface area contributed by atoms with Gasteiger partial charge >= 0.3 is 0 Å². The Morgan fingerprint density at radius 2 is 2.05 bits per heavy atom. The van der Waals surface area contributed by atoms with Crippen molar-refractivity contribution in [2.24, 2.45) is 5.73 Å². The molecule has 1 aromatic carbocycles. The van der Waals surface area contributed by atoms with Crippen molar-refractivity contribution in [3.05, 3.63) is 32.7 Å². The van der Waals surface area contributed by atoms with E-state index in [0.717, 1.165) is 16.3 Å². The Kier molecular flexibility index (Phi) is 5.05. The number of hydrogen-bond acceptors (Lipinski definition) is 6. The summed E-state index contributed by atoms with van der Waals surface area (Å²) in [4.78, 5) is -0.134. The molecule has 0 unspecified atom stereocenters. The van der Waals surface area contributed by atoms with Crippen molar-refractivity contribution in [1.82, 2.24) is 10.2 Å². The monoisotopic (exact) mass is 366 g/mol. The highest BCUT2D eigenvalue weighted by Crippen LogP contribution is 2.31. The van der Waals surface area contributed by atoms with Crippen LogP contribution >= 0.6 is 34.5 Å². The first-order chi connectivity index (χ1) is 9.87. The van der Waals surface area contributed by atoms with Crippen LogP contribution in [0.4, 0.5) is 5.13 Å². The quantitative estimate of drug-likeness (QED) is 0.847. The molecule has 0 bridgehead atoms. The molecule has 0 saturated carbocycles. The van der Waals surface area contributed by atoms with E-state index < -0.39 is 10.0 Å². The summed E-state index contributed by atoms with van der Waals surface area (Å²) in [6, 6.07) is 2.80. The van der Waals surface area contributed by atoms with E-state index in [1.54, 1.807) is 0 Å². The summed E-state index contributed by atoms with van der Waals surface area (Å²) in [5, 5.41) is 8.82. The molecule has 3 N–H and O–H groups in total. The highest BCUT2D eigenvalue weighted by molar-refractivity contribution is 7.93. The maximum atomic E-state index is 12.4. The van der Waals surface area contributed by atoms with Crippen molar-refractivity contribution in [1.29, 1.82) is 0 Å². The van der Waals surface area contributed by atoms with Crippen LogP contribution in [0.3, 0.4) is 0 Å². The molecular formula is C11H12Cl2N4O2S2. The van der Waals surface area contributed by atoms with E-state index in [1.165, 1.54) is 12.1 Å². The van der Waals surface area contributed by atoms with E-state index in [1.807, 2.05) is 6.92 Å². The van der Waals surface area contributed by atoms with Gasteiger partial charge in [0.15, 0.2) is 0 Å². The number of nitrogens with one attached hydrogen (secondary N) is 1. The topological polar surface area (TPSA) is 98.0 Å². The summed E-state index contributed by atoms with van der Waals surface area (Å²) in [7, 11) is -3.91. The summed E-state index contributed by atoms with van der Waals surface area (Å²) in [5.41, 5.74) is 5.98. The van der Waals surface area contributed by atoms with E-state index >= 15 is 0 Å². The molecule has 114 valence electrons. The Morgan fingerprint density at radius 1 is 1.33 bits per heavy atom. The molecule has 0 aliphatic carbocycles. The predicted molar refractivity (Wildman–Crippen MR) is 84.4 cm³/mol. The van der Waals surface area contributed by atoms with E-state index in [0.29, 0.717) is 12.0 Å². The van der Waals surface area contributed by atoms with Crippen LogP contribution < -0.4 is 10.5 Å². The SMILES string of the molecule is CCc1nnc(NS(=O)(=O)c2cc(Cl)cc(CN)c2Cl)s1. The number of halogens is 2. The van der Waals surface area contributed by atoms with Gasteiger partial charge in [-0.15, -0.1) is 10.2 Å². The van der Waals surface area contributed by atoms with Crippen LogP contribution in [0.5, 0.6) is 0 Å². The van der Waals surface area contributed by atoms with Gasteiger partial charge in [0, 0.05) is 11.6 Å². The maximum absolute atomic E-state index is 12.4. The lowest BCUT2D eigenvalue weighted by atomic mass is 10.2. The van der Waals surface area contributed by atoms with Crippen LogP contribution in [0.15, 0.2) is 17.0 Å². The molecule has 0 aliphatic heterocycles. The molecule has 6 nitrogen and oxygen atoms in total. The van der Waals surface area contributed by atoms with Crippen LogP contribution in [-0.4, -0.2) is 18.6 Å². The van der Waals surface area contributed by atoms with E-state index in [-0.39, 0.29) is 26.6 Å². The van der Waals surface area contributed by atoms with Gasteiger partial charge in [0.2, 0.25) is 5.13 Å². The Hall–Kier alpha value is -0.930. The first kappa shape index (κ1) is 16.4. The Morgan fingerprint density at radius 3 is 2.62 bits per heavy atom. The van der Waals surface area contributed by atoms with Gasteiger partial charge in [-0.3, -0.25) is 4.72 Å². The number of aromatic nitrogens is 2. The van der Waals surface area contributed by atoms with Gasteiger partial charge in [0.1, 0.15) is 9.90 Å². The van der Waals surface area contributed by atoms with Gasteiger partial charge in [-0.2, -0.15) is 0 Å². The molecule has 2 aromatic rings. The predicted octanol–water partition coefficient (Wildman–Crippen LogP) is 2.67. The van der Waals surface area contributed by atoms with Crippen LogP contribution in [-0.2, 0) is 23.0 Å². The number of nitrogens with two attached hydrogens (primary N) is 1. The molecule has 1 aromatic heterocycles. The molecule has 0 aliphatic rings. The molecule has 0 atom stereocenters. The zero-order valence-electron chi connectivity index (χ0n) is 10.9. The Labute approximate surface area is 136 Å². The maximum Gasteiger partial charge on any atom is 0.265 e. The molecule has 0 spiro atoms. The van der Waals surface area contributed by atoms with Gasteiger partial charge in [-0.1, -0.05) is 41.5 Å². The molecule has 0 fully saturated rings. The van der Waals surface area contributed by atoms with E-state index in [2.05, 4.69) is 14.9 Å². The molecular weight excluding hydrogens is 355 g/mol. The van der Waals surface area contributed by atoms with Crippen molar-refractivity contribution < 1.29 is 8.42 Å². The van der Waals surface area contributed by atoms with Crippen molar-refractivity contribution in [2.45, 2.75) is 24.8 Å². The van der Waals surface area contributed by atoms with Gasteiger partial charge < -0.3 is 5.73 Å². The van der Waals surface area contributed by atoms with Crippen LogP contribution in [0, 0.1) is 0 Å². The zero-order chi connectivity index (χ0) is 15.6. The molecule has 0 radical (unpaired) electrons. The summed E-state index contributed by atoms with van der Waals surface area (Å²) < 4.78 is 27.1. The minimum atomic E-state index is -3.91. The highest BCUT2D eigenvalue weighted by atomic mass is 35.5. The second-order valence-electron chi connectivity index (χ2n) is 4.04. The second kappa shape index (κ2) is 6.45. The Balaban J connectivity index is 2.42. The summed E-state index contributed by atoms with van der Waals surface area (Å²) in [6.45, 7) is 1.99. The number of nitrogens with zero attached hydrogens (tertiary/aromatic N) is 2. The first-order valence-corrected chi connectivity index (χ1v) is 8.96. The van der Waals surface area contributed by atoms with Crippen molar-refractivity contribution in [3.63, 3.8) is 0 Å². The number of anilines is 1. The van der Waals surface area contributed by atoms with Crippen molar-refractivity contribution >= 4 is 49.7 Å². The Bertz CT molecular complexity index is 762. The van der Waals surface area contributed by atoms with Crippen LogP contribution in [0.2, 0.25) is 10.0 Å². The smallest absolute Gasteiger partial charge is 0.265 e. The fourth-order valence-corrected chi connectivity index (χ4v) is 4.42. The number of aryl methyl sites for hydroxylation is 1. The first-order valence-electron chi connectivity index (χ1n) is 5.90. The van der Waals surface area contributed by atoms with Crippen LogP contribution in [0.1, 0.15) is 17.5 Å². The number of hydrogen-bond donors (Lipinski definition) is 2. The third kappa shape index (κ3) is 3.64. The minimum Gasteiger partial charge on any atom is -0.326 e. The highest BCUT2D eigenvalue weighted by Gasteiger charge is 2.22.